The predicted octanol–water partition coefficient (Wildman–Crippen LogP) is 4.44. The molecule has 1 fully saturated rings. The highest BCUT2D eigenvalue weighted by atomic mass is 19.1. The monoisotopic (exact) mass is 379 g/mol. The van der Waals surface area contributed by atoms with Crippen LogP contribution in [0.15, 0.2) is 60.8 Å². The summed E-state index contributed by atoms with van der Waals surface area (Å²) in [5.74, 6) is -1.65. The molecule has 2 heterocycles. The molecule has 1 saturated heterocycles. The van der Waals surface area contributed by atoms with Gasteiger partial charge in [0.05, 0.1) is 0 Å². The third-order valence-corrected chi connectivity index (χ3v) is 5.01. The van der Waals surface area contributed by atoms with Crippen molar-refractivity contribution in [3.05, 3.63) is 83.7 Å². The van der Waals surface area contributed by atoms with Crippen LogP contribution in [0.25, 0.3) is 11.4 Å². The second kappa shape index (κ2) is 7.84. The number of hydrogen-bond donors (Lipinski definition) is 0. The van der Waals surface area contributed by atoms with Crippen molar-refractivity contribution in [3.8, 4) is 11.4 Å². The van der Waals surface area contributed by atoms with Crippen LogP contribution in [0.2, 0.25) is 0 Å². The molecule has 0 saturated carbocycles. The molecular weight excluding hydrogens is 360 g/mol. The van der Waals surface area contributed by atoms with E-state index in [0.717, 1.165) is 36.2 Å². The second-order valence-electron chi connectivity index (χ2n) is 6.86. The quantitative estimate of drug-likeness (QED) is 0.676. The number of rotatable bonds is 3. The topological polar surface area (TPSA) is 46.1 Å². The number of benzene rings is 2. The minimum Gasteiger partial charge on any atom is -0.338 e. The molecular formula is C22H19F2N3O. The van der Waals surface area contributed by atoms with Gasteiger partial charge in [-0.15, -0.1) is 0 Å². The lowest BCUT2D eigenvalue weighted by molar-refractivity contribution is 0.0696. The van der Waals surface area contributed by atoms with Crippen molar-refractivity contribution in [1.82, 2.24) is 14.9 Å². The van der Waals surface area contributed by atoms with E-state index in [4.69, 9.17) is 0 Å². The molecule has 4 rings (SSSR count). The van der Waals surface area contributed by atoms with Crippen molar-refractivity contribution < 1.29 is 13.6 Å². The Bertz CT molecular complexity index is 974. The van der Waals surface area contributed by atoms with Gasteiger partial charge in [0.25, 0.3) is 5.91 Å². The van der Waals surface area contributed by atoms with Crippen LogP contribution < -0.4 is 0 Å². The van der Waals surface area contributed by atoms with E-state index in [2.05, 4.69) is 9.97 Å². The highest BCUT2D eigenvalue weighted by Gasteiger charge is 2.29. The van der Waals surface area contributed by atoms with Gasteiger partial charge in [0.1, 0.15) is 17.2 Å². The van der Waals surface area contributed by atoms with Gasteiger partial charge in [-0.25, -0.2) is 18.7 Å². The maximum absolute atomic E-state index is 14.0. The minimum atomic E-state index is -0.833. The Morgan fingerprint density at radius 1 is 1.00 bits per heavy atom. The first kappa shape index (κ1) is 18.2. The van der Waals surface area contributed by atoms with E-state index in [9.17, 15) is 13.6 Å². The van der Waals surface area contributed by atoms with Gasteiger partial charge in [0.2, 0.25) is 0 Å². The van der Waals surface area contributed by atoms with Gasteiger partial charge in [-0.2, -0.15) is 0 Å². The van der Waals surface area contributed by atoms with Crippen LogP contribution in [0.4, 0.5) is 8.78 Å². The summed E-state index contributed by atoms with van der Waals surface area (Å²) in [4.78, 5) is 23.2. The molecule has 6 heteroatoms. The fourth-order valence-corrected chi connectivity index (χ4v) is 3.59. The number of likely N-dealkylation sites (tertiary alicyclic amines) is 1. The van der Waals surface area contributed by atoms with Gasteiger partial charge in [0, 0.05) is 36.5 Å². The van der Waals surface area contributed by atoms with Crippen LogP contribution in [0.3, 0.4) is 0 Å². The fourth-order valence-electron chi connectivity index (χ4n) is 3.59. The van der Waals surface area contributed by atoms with Gasteiger partial charge >= 0.3 is 0 Å². The third-order valence-electron chi connectivity index (χ3n) is 5.01. The molecule has 28 heavy (non-hydrogen) atoms. The molecule has 2 aromatic carbocycles. The van der Waals surface area contributed by atoms with Gasteiger partial charge < -0.3 is 4.90 Å². The highest BCUT2D eigenvalue weighted by molar-refractivity contribution is 5.94. The summed E-state index contributed by atoms with van der Waals surface area (Å²) in [5.41, 5.74) is 1.26. The summed E-state index contributed by atoms with van der Waals surface area (Å²) < 4.78 is 28.0. The number of nitrogens with zero attached hydrogens (tertiary/aromatic N) is 3. The summed E-state index contributed by atoms with van der Waals surface area (Å²) in [6.07, 6.45) is 3.31. The summed E-state index contributed by atoms with van der Waals surface area (Å²) in [6, 6.07) is 15.0. The van der Waals surface area contributed by atoms with Gasteiger partial charge in [-0.3, -0.25) is 4.79 Å². The van der Waals surface area contributed by atoms with Crippen LogP contribution in [0.1, 0.15) is 34.8 Å². The molecule has 4 nitrogen and oxygen atoms in total. The lowest BCUT2D eigenvalue weighted by Crippen LogP contribution is -2.40. The van der Waals surface area contributed by atoms with Gasteiger partial charge in [-0.05, 0) is 31.0 Å². The first-order valence-corrected chi connectivity index (χ1v) is 9.25. The largest absolute Gasteiger partial charge is 0.338 e. The van der Waals surface area contributed by atoms with Crippen molar-refractivity contribution in [2.24, 2.45) is 0 Å². The molecule has 1 amide bonds. The summed E-state index contributed by atoms with van der Waals surface area (Å²) in [7, 11) is 0. The molecule has 0 spiro atoms. The number of piperidine rings is 1. The highest BCUT2D eigenvalue weighted by Crippen LogP contribution is 2.28. The SMILES string of the molecule is O=C(c1c(F)cccc1F)N1CCC[C@H](c2ccnc(-c3ccccc3)n2)C1. The van der Waals surface area contributed by atoms with E-state index >= 15 is 0 Å². The van der Waals surface area contributed by atoms with Crippen molar-refractivity contribution in [2.45, 2.75) is 18.8 Å². The second-order valence-corrected chi connectivity index (χ2v) is 6.86. The van der Waals surface area contributed by atoms with Crippen molar-refractivity contribution >= 4 is 5.91 Å². The van der Waals surface area contributed by atoms with Gasteiger partial charge in [0.15, 0.2) is 5.82 Å². The molecule has 0 bridgehead atoms. The molecule has 1 aliphatic rings. The molecule has 1 aliphatic heterocycles. The Balaban J connectivity index is 1.57. The van der Waals surface area contributed by atoms with Gasteiger partial charge in [-0.1, -0.05) is 36.4 Å². The Hall–Kier alpha value is -3.15. The smallest absolute Gasteiger partial charge is 0.259 e. The zero-order chi connectivity index (χ0) is 19.5. The number of carbonyl (C=O) groups excluding carboxylic acids is 1. The number of carbonyl (C=O) groups is 1. The third kappa shape index (κ3) is 3.63. The molecule has 1 aromatic heterocycles. The molecule has 1 atom stereocenters. The average Bonchev–Trinajstić information content (AvgIpc) is 2.74. The Kier molecular flexibility index (Phi) is 5.10. The number of aromatic nitrogens is 2. The van der Waals surface area contributed by atoms with E-state index in [1.165, 1.54) is 11.0 Å². The van der Waals surface area contributed by atoms with Crippen LogP contribution >= 0.6 is 0 Å². The normalized spacial score (nSPS) is 16.8. The number of halogens is 2. The Morgan fingerprint density at radius 3 is 2.50 bits per heavy atom. The van der Waals surface area contributed by atoms with E-state index in [0.29, 0.717) is 18.9 Å². The zero-order valence-electron chi connectivity index (χ0n) is 15.2. The number of amides is 1. The Labute approximate surface area is 161 Å². The van der Waals surface area contributed by atoms with Crippen LogP contribution in [0.5, 0.6) is 0 Å². The predicted molar refractivity (Wildman–Crippen MR) is 102 cm³/mol. The Morgan fingerprint density at radius 2 is 1.75 bits per heavy atom. The van der Waals surface area contributed by atoms with Crippen LogP contribution in [-0.4, -0.2) is 33.9 Å². The maximum Gasteiger partial charge on any atom is 0.259 e. The molecule has 0 N–H and O–H groups in total. The van der Waals surface area contributed by atoms with E-state index in [1.807, 2.05) is 36.4 Å². The minimum absolute atomic E-state index is 0.00185. The lowest BCUT2D eigenvalue weighted by Gasteiger charge is -2.32. The zero-order valence-corrected chi connectivity index (χ0v) is 15.2. The van der Waals surface area contributed by atoms with E-state index < -0.39 is 23.1 Å². The molecule has 0 aliphatic carbocycles. The fraction of sp³-hybridized carbons (Fsp3) is 0.227. The van der Waals surface area contributed by atoms with Crippen LogP contribution in [0, 0.1) is 11.6 Å². The molecule has 3 aromatic rings. The molecule has 0 unspecified atom stereocenters. The summed E-state index contributed by atoms with van der Waals surface area (Å²) >= 11 is 0. The number of hydrogen-bond acceptors (Lipinski definition) is 3. The first-order valence-electron chi connectivity index (χ1n) is 9.25. The van der Waals surface area contributed by atoms with Crippen LogP contribution in [-0.2, 0) is 0 Å². The van der Waals surface area contributed by atoms with Crippen molar-refractivity contribution in [2.75, 3.05) is 13.1 Å². The lowest BCUT2D eigenvalue weighted by atomic mass is 9.94. The van der Waals surface area contributed by atoms with Crippen molar-refractivity contribution in [3.63, 3.8) is 0 Å². The first-order chi connectivity index (χ1) is 13.6. The average molecular weight is 379 g/mol. The van der Waals surface area contributed by atoms with Crippen molar-refractivity contribution in [1.29, 1.82) is 0 Å². The molecule has 0 radical (unpaired) electrons. The van der Waals surface area contributed by atoms with E-state index in [-0.39, 0.29) is 5.92 Å². The summed E-state index contributed by atoms with van der Waals surface area (Å²) in [6.45, 7) is 0.845. The van der Waals surface area contributed by atoms with E-state index in [1.54, 1.807) is 6.20 Å². The molecule has 142 valence electrons. The summed E-state index contributed by atoms with van der Waals surface area (Å²) in [5, 5.41) is 0. The maximum atomic E-state index is 14.0. The standard InChI is InChI=1S/C22H19F2N3O/c23-17-9-4-10-18(24)20(17)22(28)27-13-5-8-16(14-27)19-11-12-25-21(26-19)15-6-2-1-3-7-15/h1-4,6-7,9-12,16H,5,8,13-14H2/t16-/m0/s1.